The van der Waals surface area contributed by atoms with Crippen LogP contribution in [0, 0.1) is 5.41 Å². The summed E-state index contributed by atoms with van der Waals surface area (Å²) in [5.41, 5.74) is 1.33. The molecule has 0 spiro atoms. The number of Topliss-reactive ketones (excluding diaryl/α,β-unsaturated/α-hetero) is 1. The number of allylic oxidation sites excluding steroid dienone is 1. The summed E-state index contributed by atoms with van der Waals surface area (Å²) in [6.07, 6.45) is -0.992. The van der Waals surface area contributed by atoms with Gasteiger partial charge in [0.15, 0.2) is 12.0 Å². The maximum absolute atomic E-state index is 12.8. The zero-order chi connectivity index (χ0) is 16.9. The van der Waals surface area contributed by atoms with E-state index in [9.17, 15) is 9.18 Å². The van der Waals surface area contributed by atoms with E-state index in [0.717, 1.165) is 5.70 Å². The number of carbonyl (C=O) groups excluding carboxylic acids is 1. The van der Waals surface area contributed by atoms with Crippen molar-refractivity contribution >= 4 is 5.78 Å². The van der Waals surface area contributed by atoms with E-state index in [1.165, 1.54) is 0 Å². The second kappa shape index (κ2) is 13.1. The summed E-state index contributed by atoms with van der Waals surface area (Å²) in [5.74, 6) is -0.275. The molecule has 1 fully saturated rings. The number of nitrogens with zero attached hydrogens (tertiary/aromatic N) is 1. The summed E-state index contributed by atoms with van der Waals surface area (Å²) in [7, 11) is 0. The minimum absolute atomic E-state index is 0.189. The number of alkyl halides is 1. The Morgan fingerprint density at radius 2 is 1.55 bits per heavy atom. The van der Waals surface area contributed by atoms with Crippen LogP contribution in [-0.2, 0) is 4.79 Å². The third-order valence-electron chi connectivity index (χ3n) is 1.90. The normalized spacial score (nSPS) is 17.6. The monoisotopic (exact) mass is 289 g/mol. The first-order valence-electron chi connectivity index (χ1n) is 7.68. The largest absolute Gasteiger partial charge is 0.372 e. The Morgan fingerprint density at radius 3 is 1.80 bits per heavy atom. The molecular formula is C17H36FNO. The van der Waals surface area contributed by atoms with Gasteiger partial charge < -0.3 is 4.90 Å². The Balaban J connectivity index is -0.000000272. The molecule has 0 aromatic rings. The van der Waals surface area contributed by atoms with E-state index in [1.807, 2.05) is 34.6 Å². The van der Waals surface area contributed by atoms with E-state index in [1.54, 1.807) is 4.90 Å². The van der Waals surface area contributed by atoms with Crippen LogP contribution in [0.25, 0.3) is 0 Å². The van der Waals surface area contributed by atoms with E-state index < -0.39 is 6.17 Å². The lowest BCUT2D eigenvalue weighted by Crippen LogP contribution is -2.40. The number of hydrogen-bond donors (Lipinski definition) is 0. The van der Waals surface area contributed by atoms with Crippen LogP contribution in [0.5, 0.6) is 0 Å². The molecule has 0 radical (unpaired) electrons. The molecule has 122 valence electrons. The molecule has 1 heterocycles. The molecule has 0 saturated carbocycles. The van der Waals surface area contributed by atoms with Gasteiger partial charge in [0.05, 0.1) is 6.54 Å². The molecule has 1 rings (SSSR count). The van der Waals surface area contributed by atoms with Crippen molar-refractivity contribution < 1.29 is 9.18 Å². The predicted molar refractivity (Wildman–Crippen MR) is 88.7 cm³/mol. The smallest absolute Gasteiger partial charge is 0.175 e. The van der Waals surface area contributed by atoms with Crippen molar-refractivity contribution in [3.05, 3.63) is 12.3 Å². The fraction of sp³-hybridized carbons (Fsp3) is 0.824. The molecule has 0 bridgehead atoms. The molecule has 0 aliphatic carbocycles. The fourth-order valence-electron chi connectivity index (χ4n) is 1.14. The second-order valence-electron chi connectivity index (χ2n) is 5.87. The van der Waals surface area contributed by atoms with Gasteiger partial charge in [0.25, 0.3) is 0 Å². The molecule has 20 heavy (non-hydrogen) atoms. The molecule has 3 heteroatoms. The Kier molecular flexibility index (Phi) is 15.9. The van der Waals surface area contributed by atoms with Crippen molar-refractivity contribution in [2.24, 2.45) is 5.41 Å². The highest BCUT2D eigenvalue weighted by molar-refractivity contribution is 5.84. The summed E-state index contributed by atoms with van der Waals surface area (Å²) in [4.78, 5) is 12.5. The lowest BCUT2D eigenvalue weighted by Gasteiger charge is -2.29. The van der Waals surface area contributed by atoms with Crippen LogP contribution in [0.3, 0.4) is 0 Å². The summed E-state index contributed by atoms with van der Waals surface area (Å²) < 4.78 is 12.8. The highest BCUT2D eigenvalue weighted by atomic mass is 19.1. The zero-order valence-electron chi connectivity index (χ0n) is 15.1. The second-order valence-corrected chi connectivity index (χ2v) is 5.87. The number of carbonyl (C=O) groups is 1. The first-order valence-corrected chi connectivity index (χ1v) is 7.68. The topological polar surface area (TPSA) is 20.3 Å². The molecule has 0 aromatic carbocycles. The van der Waals surface area contributed by atoms with E-state index in [4.69, 9.17) is 0 Å². The Morgan fingerprint density at radius 1 is 1.20 bits per heavy atom. The molecule has 0 N–H and O–H groups in total. The van der Waals surface area contributed by atoms with Gasteiger partial charge in [-0.15, -0.1) is 0 Å². The standard InChI is InChI=1S/C8H12FNO.C5H12.2C2H6/c1-6(2)10-4-3-8(11)7(9)5-10;1-5(2,3)4;2*1-2/h7H,1,3-5H2,2H3;1-4H3;2*1-2H3. The number of halogens is 1. The highest BCUT2D eigenvalue weighted by Crippen LogP contribution is 2.13. The highest BCUT2D eigenvalue weighted by Gasteiger charge is 2.25. The van der Waals surface area contributed by atoms with E-state index in [0.29, 0.717) is 18.4 Å². The van der Waals surface area contributed by atoms with Gasteiger partial charge in [-0.2, -0.15) is 0 Å². The Bertz CT molecular complexity index is 250. The van der Waals surface area contributed by atoms with Crippen LogP contribution < -0.4 is 0 Å². The van der Waals surface area contributed by atoms with Crippen LogP contribution in [-0.4, -0.2) is 29.9 Å². The summed E-state index contributed by atoms with van der Waals surface area (Å²) in [6, 6.07) is 0. The average Bonchev–Trinajstić information content (AvgIpc) is 2.35. The number of rotatable bonds is 1. The molecule has 1 aliphatic heterocycles. The van der Waals surface area contributed by atoms with Crippen LogP contribution in [0.15, 0.2) is 12.3 Å². The molecule has 0 aromatic heterocycles. The van der Waals surface area contributed by atoms with Gasteiger partial charge in [-0.25, -0.2) is 4.39 Å². The summed E-state index contributed by atoms with van der Waals surface area (Å²) >= 11 is 0. The first kappa shape index (κ1) is 24.2. The van der Waals surface area contributed by atoms with E-state index in [2.05, 4.69) is 34.3 Å². The van der Waals surface area contributed by atoms with Gasteiger partial charge in [-0.05, 0) is 12.3 Å². The predicted octanol–water partition coefficient (Wildman–Crippen LogP) is 5.24. The maximum atomic E-state index is 12.8. The SMILES string of the molecule is C=C(C)N1CCC(=O)C(F)C1.CC.CC.CC(C)(C)C. The Labute approximate surface area is 126 Å². The van der Waals surface area contributed by atoms with Crippen LogP contribution in [0.1, 0.15) is 68.7 Å². The van der Waals surface area contributed by atoms with E-state index >= 15 is 0 Å². The third-order valence-corrected chi connectivity index (χ3v) is 1.90. The van der Waals surface area contributed by atoms with Gasteiger partial charge in [0.2, 0.25) is 0 Å². The molecule has 1 atom stereocenters. The van der Waals surface area contributed by atoms with Crippen molar-refractivity contribution in [1.29, 1.82) is 0 Å². The summed E-state index contributed by atoms with van der Waals surface area (Å²) in [6.45, 7) is 23.1. The lowest BCUT2D eigenvalue weighted by molar-refractivity contribution is -0.126. The average molecular weight is 289 g/mol. The quantitative estimate of drug-likeness (QED) is 0.658. The minimum Gasteiger partial charge on any atom is -0.372 e. The summed E-state index contributed by atoms with van der Waals surface area (Å²) in [5, 5.41) is 0. The van der Waals surface area contributed by atoms with Gasteiger partial charge in [0, 0.05) is 18.7 Å². The Hall–Kier alpha value is -0.860. The molecule has 0 amide bonds. The van der Waals surface area contributed by atoms with Crippen molar-refractivity contribution in [3.63, 3.8) is 0 Å². The number of piperidine rings is 1. The molecular weight excluding hydrogens is 253 g/mol. The molecule has 2 nitrogen and oxygen atoms in total. The molecule has 1 aliphatic rings. The third kappa shape index (κ3) is 17.1. The number of ketones is 1. The van der Waals surface area contributed by atoms with Gasteiger partial charge >= 0.3 is 0 Å². The van der Waals surface area contributed by atoms with Crippen molar-refractivity contribution in [1.82, 2.24) is 4.90 Å². The number of hydrogen-bond acceptors (Lipinski definition) is 2. The van der Waals surface area contributed by atoms with Crippen LogP contribution >= 0.6 is 0 Å². The number of likely N-dealkylation sites (tertiary alicyclic amines) is 1. The molecule has 1 saturated heterocycles. The lowest BCUT2D eigenvalue weighted by atomic mass is 10.0. The minimum atomic E-state index is -1.31. The van der Waals surface area contributed by atoms with Gasteiger partial charge in [-0.3, -0.25) is 4.79 Å². The first-order chi connectivity index (χ1) is 9.11. The van der Waals surface area contributed by atoms with Crippen molar-refractivity contribution in [2.45, 2.75) is 74.9 Å². The van der Waals surface area contributed by atoms with Crippen molar-refractivity contribution in [2.75, 3.05) is 13.1 Å². The fourth-order valence-corrected chi connectivity index (χ4v) is 1.14. The van der Waals surface area contributed by atoms with E-state index in [-0.39, 0.29) is 12.3 Å². The van der Waals surface area contributed by atoms with Gasteiger partial charge in [0.1, 0.15) is 0 Å². The van der Waals surface area contributed by atoms with Crippen LogP contribution in [0.2, 0.25) is 0 Å². The van der Waals surface area contributed by atoms with Crippen LogP contribution in [0.4, 0.5) is 4.39 Å². The molecule has 1 unspecified atom stereocenters. The van der Waals surface area contributed by atoms with Crippen molar-refractivity contribution in [3.8, 4) is 0 Å². The maximum Gasteiger partial charge on any atom is 0.175 e. The van der Waals surface area contributed by atoms with Gasteiger partial charge in [-0.1, -0.05) is 62.0 Å². The zero-order valence-corrected chi connectivity index (χ0v) is 15.1.